The second kappa shape index (κ2) is 18.1. The summed E-state index contributed by atoms with van der Waals surface area (Å²) in [7, 11) is -5.04. The zero-order valence-electron chi connectivity index (χ0n) is 28.5. The number of aromatic nitrogens is 1. The van der Waals surface area contributed by atoms with E-state index >= 15 is 0 Å². The van der Waals surface area contributed by atoms with Crippen molar-refractivity contribution in [2.45, 2.75) is 137 Å². The summed E-state index contributed by atoms with van der Waals surface area (Å²) in [5, 5.41) is 7.09. The summed E-state index contributed by atoms with van der Waals surface area (Å²) in [6.45, 7) is 20.5. The normalized spacial score (nSPS) is 18.5. The van der Waals surface area contributed by atoms with Crippen LogP contribution in [-0.4, -0.2) is 89.1 Å². The number of alkyl carbamates (subject to hydrolysis) is 1. The van der Waals surface area contributed by atoms with Crippen molar-refractivity contribution in [1.82, 2.24) is 20.4 Å². The van der Waals surface area contributed by atoms with Crippen LogP contribution in [0.2, 0.25) is 0 Å². The lowest BCUT2D eigenvalue weighted by atomic mass is 9.98. The third-order valence-corrected chi connectivity index (χ3v) is 8.51. The Balaban J connectivity index is 0.000000358. The molecule has 0 unspecified atom stereocenters. The van der Waals surface area contributed by atoms with Gasteiger partial charge in [-0.2, -0.15) is 9.35 Å². The lowest BCUT2D eigenvalue weighted by molar-refractivity contribution is -0.929. The van der Waals surface area contributed by atoms with Gasteiger partial charge in [-0.25, -0.2) is 18.0 Å². The maximum Gasteiger partial charge on any atom is 0.408 e. The van der Waals surface area contributed by atoms with Gasteiger partial charge in [0.15, 0.2) is 5.76 Å². The molecule has 2 atom stereocenters. The summed E-state index contributed by atoms with van der Waals surface area (Å²) in [6.07, 6.45) is 11.4. The molecule has 2 fully saturated rings. The molecule has 13 nitrogen and oxygen atoms in total. The van der Waals surface area contributed by atoms with Crippen LogP contribution in [0, 0.1) is 0 Å². The molecule has 0 radical (unpaired) electrons. The molecule has 45 heavy (non-hydrogen) atoms. The van der Waals surface area contributed by atoms with Gasteiger partial charge in [-0.15, -0.1) is 0 Å². The van der Waals surface area contributed by atoms with Crippen LogP contribution in [-0.2, 0) is 26.0 Å². The Labute approximate surface area is 270 Å². The molecule has 14 heteroatoms. The van der Waals surface area contributed by atoms with E-state index in [1.54, 1.807) is 26.8 Å². The molecule has 0 spiro atoms. The van der Waals surface area contributed by atoms with Gasteiger partial charge in [0.05, 0.1) is 44.8 Å². The number of quaternary nitrogens is 1. The highest BCUT2D eigenvalue weighted by atomic mass is 32.3. The molecule has 0 aliphatic carbocycles. The van der Waals surface area contributed by atoms with Crippen molar-refractivity contribution in [3.05, 3.63) is 17.5 Å². The minimum Gasteiger partial charge on any atom is -0.724 e. The maximum absolute atomic E-state index is 12.4. The fourth-order valence-corrected chi connectivity index (χ4v) is 6.21. The van der Waals surface area contributed by atoms with Crippen LogP contribution >= 0.6 is 0 Å². The van der Waals surface area contributed by atoms with E-state index in [0.717, 1.165) is 0 Å². The van der Waals surface area contributed by atoms with Gasteiger partial charge < -0.3 is 28.5 Å². The van der Waals surface area contributed by atoms with E-state index in [-0.39, 0.29) is 13.1 Å². The monoisotopic (exact) mass is 659 g/mol. The molecule has 0 saturated carbocycles. The summed E-state index contributed by atoms with van der Waals surface area (Å²) in [6, 6.07) is -0.0921. The predicted molar refractivity (Wildman–Crippen MR) is 169 cm³/mol. The number of ether oxygens (including phenoxy) is 1. The number of piperidine rings is 1. The number of hydroxylamine groups is 2. The maximum atomic E-state index is 12.4. The fraction of sp³-hybridized carbons (Fsp3) is 0.839. The van der Waals surface area contributed by atoms with Gasteiger partial charge in [0, 0.05) is 12.6 Å². The van der Waals surface area contributed by atoms with Gasteiger partial charge in [0.1, 0.15) is 11.3 Å². The molecule has 3 rings (SSSR count). The first kappa shape index (κ1) is 38.8. The Morgan fingerprint density at radius 3 is 2.02 bits per heavy atom. The molecule has 2 aliphatic rings. The first-order valence-electron chi connectivity index (χ1n) is 16.7. The highest BCUT2D eigenvalue weighted by Gasteiger charge is 2.47. The van der Waals surface area contributed by atoms with Crippen molar-refractivity contribution in [3.63, 3.8) is 0 Å². The van der Waals surface area contributed by atoms with Gasteiger partial charge in [-0.05, 0) is 59.3 Å². The number of hydrogen-bond donors (Lipinski definition) is 1. The van der Waals surface area contributed by atoms with Crippen molar-refractivity contribution in [3.8, 4) is 0 Å². The Kier molecular flexibility index (Phi) is 15.6. The Morgan fingerprint density at radius 1 is 1.02 bits per heavy atom. The molecule has 0 aromatic carbocycles. The van der Waals surface area contributed by atoms with Crippen LogP contribution in [0.4, 0.5) is 9.59 Å². The highest BCUT2D eigenvalue weighted by molar-refractivity contribution is 7.80. The molecule has 2 aliphatic heterocycles. The van der Waals surface area contributed by atoms with Crippen LogP contribution in [0.3, 0.4) is 0 Å². The van der Waals surface area contributed by atoms with Crippen molar-refractivity contribution >= 4 is 22.5 Å². The Morgan fingerprint density at radius 2 is 1.56 bits per heavy atom. The van der Waals surface area contributed by atoms with Crippen molar-refractivity contribution in [2.75, 3.05) is 32.7 Å². The van der Waals surface area contributed by atoms with Crippen LogP contribution < -0.4 is 5.32 Å². The number of hydrogen-bond acceptors (Lipinski definition) is 9. The lowest BCUT2D eigenvalue weighted by Gasteiger charge is -2.39. The largest absolute Gasteiger partial charge is 0.724 e. The molecule has 3 heterocycles. The van der Waals surface area contributed by atoms with E-state index in [2.05, 4.69) is 42.5 Å². The number of rotatable bonds is 17. The van der Waals surface area contributed by atoms with E-state index in [1.165, 1.54) is 86.9 Å². The lowest BCUT2D eigenvalue weighted by Crippen LogP contribution is -2.50. The quantitative estimate of drug-likeness (QED) is 0.120. The minimum absolute atomic E-state index is 0.0505. The van der Waals surface area contributed by atoms with Gasteiger partial charge in [-0.3, -0.25) is 0 Å². The Bertz CT molecular complexity index is 1120. The van der Waals surface area contributed by atoms with Crippen LogP contribution in [0.1, 0.15) is 130 Å². The Hall–Kier alpha value is -2.42. The highest BCUT2D eigenvalue weighted by Crippen LogP contribution is 2.38. The second-order valence-corrected chi connectivity index (χ2v) is 14.2. The standard InChI is InChI=1S/C16H36N.C15H22N4O8S/c1-5-9-13-17(14-10-6-2,15-11-7-3)16-12-8-4;1-15(2,3)25-13(20)16-7-10-6-11(17-26-10)12-5-4-9-8-18(12)14(21)19(9)27-28(22,23)24/h5-16H2,1-4H3;6,9,12H,4-5,7-8H2,1-3H3,(H,16,20)(H,22,23,24)/q+1;/p-1/t;9-,12+/m.1/s1. The van der Waals surface area contributed by atoms with Crippen molar-refractivity contribution < 1.29 is 40.6 Å². The molecule has 1 aromatic rings. The summed E-state index contributed by atoms with van der Waals surface area (Å²) >= 11 is 0. The number of nitrogens with zero attached hydrogens (tertiary/aromatic N) is 4. The van der Waals surface area contributed by atoms with Gasteiger partial charge >= 0.3 is 12.1 Å². The first-order valence-corrected chi connectivity index (χ1v) is 18.0. The molecule has 3 amide bonds. The summed E-state index contributed by atoms with van der Waals surface area (Å²) in [4.78, 5) is 25.5. The van der Waals surface area contributed by atoms with Crippen molar-refractivity contribution in [1.29, 1.82) is 0 Å². The SMILES string of the molecule is CC(C)(C)OC(=O)NCc1cc([C@@H]2CC[C@@H]3CN2C(=O)N3OS(=O)(=O)[O-])no1.CCCC[N+](CCCC)(CCCC)CCCC. The second-order valence-electron chi connectivity index (χ2n) is 13.2. The molecular weight excluding hydrogens is 602 g/mol. The van der Waals surface area contributed by atoms with Gasteiger partial charge in [-0.1, -0.05) is 58.5 Å². The van der Waals surface area contributed by atoms with Crippen LogP contribution in [0.15, 0.2) is 10.6 Å². The van der Waals surface area contributed by atoms with E-state index in [1.807, 2.05) is 0 Å². The number of urea groups is 1. The van der Waals surface area contributed by atoms with E-state index in [4.69, 9.17) is 9.26 Å². The predicted octanol–water partition coefficient (Wildman–Crippen LogP) is 6.04. The number of unbranched alkanes of at least 4 members (excludes halogenated alkanes) is 4. The minimum atomic E-state index is -5.04. The summed E-state index contributed by atoms with van der Waals surface area (Å²) in [5.41, 5.74) is -0.170. The topological polar surface area (TPSA) is 154 Å². The molecule has 260 valence electrons. The van der Waals surface area contributed by atoms with E-state index in [0.29, 0.717) is 29.4 Å². The molecule has 2 saturated heterocycles. The molecule has 1 aromatic heterocycles. The van der Waals surface area contributed by atoms with Gasteiger partial charge in [0.2, 0.25) is 10.4 Å². The first-order chi connectivity index (χ1) is 21.2. The zero-order valence-corrected chi connectivity index (χ0v) is 29.3. The smallest absolute Gasteiger partial charge is 0.408 e. The fourth-order valence-electron chi connectivity index (χ4n) is 5.82. The number of amides is 3. The molecular formula is C31H57N5O8S. The summed E-state index contributed by atoms with van der Waals surface area (Å²) < 4.78 is 48.5. The van der Waals surface area contributed by atoms with E-state index < -0.39 is 40.2 Å². The van der Waals surface area contributed by atoms with Crippen LogP contribution in [0.5, 0.6) is 0 Å². The number of nitrogens with one attached hydrogen (secondary N) is 1. The number of carbonyl (C=O) groups excluding carboxylic acids is 2. The van der Waals surface area contributed by atoms with E-state index in [9.17, 15) is 22.6 Å². The molecule has 1 N–H and O–H groups in total. The van der Waals surface area contributed by atoms with Crippen molar-refractivity contribution in [2.24, 2.45) is 0 Å². The third-order valence-electron chi connectivity index (χ3n) is 8.16. The molecule has 2 bridgehead atoms. The third kappa shape index (κ3) is 13.1. The summed E-state index contributed by atoms with van der Waals surface area (Å²) in [5.74, 6) is 0.366. The average Bonchev–Trinajstić information content (AvgIpc) is 3.53. The zero-order chi connectivity index (χ0) is 33.7. The van der Waals surface area contributed by atoms with Crippen LogP contribution in [0.25, 0.3) is 0 Å². The number of fused-ring (bicyclic) bond motifs is 2. The average molecular weight is 660 g/mol. The van der Waals surface area contributed by atoms with Gasteiger partial charge in [0.25, 0.3) is 0 Å². The number of carbonyl (C=O) groups is 2.